The van der Waals surface area contributed by atoms with Gasteiger partial charge in [-0.1, -0.05) is 25.1 Å². The highest BCUT2D eigenvalue weighted by molar-refractivity contribution is 7.88. The van der Waals surface area contributed by atoms with Crippen molar-refractivity contribution >= 4 is 16.0 Å². The third-order valence-electron chi connectivity index (χ3n) is 4.69. The van der Waals surface area contributed by atoms with Gasteiger partial charge in [-0.3, -0.25) is 4.99 Å². The van der Waals surface area contributed by atoms with E-state index in [2.05, 4.69) is 15.2 Å². The van der Waals surface area contributed by atoms with Crippen molar-refractivity contribution in [3.63, 3.8) is 0 Å². The first-order valence-electron chi connectivity index (χ1n) is 9.56. The molecular weight excluding hydrogens is 364 g/mol. The first kappa shape index (κ1) is 21.5. The van der Waals surface area contributed by atoms with E-state index in [9.17, 15) is 8.42 Å². The summed E-state index contributed by atoms with van der Waals surface area (Å²) < 4.78 is 30.8. The van der Waals surface area contributed by atoms with Crippen LogP contribution in [0.2, 0.25) is 0 Å². The Bertz CT molecular complexity index is 686. The molecular formula is C19H32N4O3S. The zero-order chi connectivity index (χ0) is 19.7. The summed E-state index contributed by atoms with van der Waals surface area (Å²) in [5.74, 6) is 1.79. The number of nitrogens with zero attached hydrogens (tertiary/aromatic N) is 3. The standard InChI is InChI=1S/C19H32N4O3S/c1-4-23(27(3,24)25)14-8-13-21-19(20-2)22-15-11-18(12-16-22)26-17-9-6-5-7-10-17/h5-7,9-10,18H,4,8,11-16H2,1-3H3,(H,20,21). The molecule has 0 bridgehead atoms. The fourth-order valence-corrected chi connectivity index (χ4v) is 4.15. The number of aliphatic imine (C=N–C) groups is 1. The second kappa shape index (κ2) is 10.5. The van der Waals surface area contributed by atoms with Gasteiger partial charge in [0, 0.05) is 52.6 Å². The Kier molecular flexibility index (Phi) is 8.37. The Morgan fingerprint density at radius 1 is 1.30 bits per heavy atom. The van der Waals surface area contributed by atoms with E-state index in [0.717, 1.165) is 44.1 Å². The number of rotatable bonds is 8. The summed E-state index contributed by atoms with van der Waals surface area (Å²) in [6.45, 7) is 5.35. The Hall–Kier alpha value is -1.80. The Morgan fingerprint density at radius 2 is 1.96 bits per heavy atom. The van der Waals surface area contributed by atoms with Gasteiger partial charge in [-0.05, 0) is 18.6 Å². The molecule has 1 aliphatic heterocycles. The van der Waals surface area contributed by atoms with Crippen molar-refractivity contribution in [2.75, 3.05) is 46.0 Å². The highest BCUT2D eigenvalue weighted by Gasteiger charge is 2.22. The van der Waals surface area contributed by atoms with Crippen molar-refractivity contribution < 1.29 is 13.2 Å². The minimum atomic E-state index is -3.12. The molecule has 1 aromatic rings. The van der Waals surface area contributed by atoms with E-state index in [4.69, 9.17) is 4.74 Å². The minimum Gasteiger partial charge on any atom is -0.490 e. The summed E-state index contributed by atoms with van der Waals surface area (Å²) in [6, 6.07) is 9.94. The minimum absolute atomic E-state index is 0.231. The third kappa shape index (κ3) is 7.03. The average molecular weight is 397 g/mol. The molecule has 1 heterocycles. The van der Waals surface area contributed by atoms with E-state index >= 15 is 0 Å². The molecule has 7 nitrogen and oxygen atoms in total. The average Bonchev–Trinajstić information content (AvgIpc) is 2.65. The summed E-state index contributed by atoms with van der Waals surface area (Å²) in [5, 5.41) is 3.35. The van der Waals surface area contributed by atoms with E-state index < -0.39 is 10.0 Å². The quantitative estimate of drug-likeness (QED) is 0.412. The molecule has 2 rings (SSSR count). The molecule has 0 aliphatic carbocycles. The Labute approximate surface area is 163 Å². The van der Waals surface area contributed by atoms with Crippen LogP contribution in [0.1, 0.15) is 26.2 Å². The molecule has 0 amide bonds. The highest BCUT2D eigenvalue weighted by atomic mass is 32.2. The number of guanidine groups is 1. The number of hydrogen-bond donors (Lipinski definition) is 1. The fraction of sp³-hybridized carbons (Fsp3) is 0.632. The SMILES string of the molecule is CCN(CCCNC(=NC)N1CCC(Oc2ccccc2)CC1)S(C)(=O)=O. The van der Waals surface area contributed by atoms with Crippen LogP contribution in [0.15, 0.2) is 35.3 Å². The van der Waals surface area contributed by atoms with Crippen LogP contribution in [-0.4, -0.2) is 75.7 Å². The number of hydrogen-bond acceptors (Lipinski definition) is 4. The number of nitrogens with one attached hydrogen (secondary N) is 1. The molecule has 0 radical (unpaired) electrons. The largest absolute Gasteiger partial charge is 0.490 e. The van der Waals surface area contributed by atoms with Crippen LogP contribution < -0.4 is 10.1 Å². The van der Waals surface area contributed by atoms with Crippen molar-refractivity contribution in [3.05, 3.63) is 30.3 Å². The summed E-state index contributed by atoms with van der Waals surface area (Å²) in [6.07, 6.45) is 4.13. The molecule has 0 aromatic heterocycles. The van der Waals surface area contributed by atoms with Crippen LogP contribution in [0, 0.1) is 0 Å². The predicted molar refractivity (Wildman–Crippen MR) is 110 cm³/mol. The molecule has 152 valence electrons. The topological polar surface area (TPSA) is 74.2 Å². The van der Waals surface area contributed by atoms with Gasteiger partial charge in [0.25, 0.3) is 0 Å². The zero-order valence-corrected chi connectivity index (χ0v) is 17.4. The van der Waals surface area contributed by atoms with Gasteiger partial charge in [-0.15, -0.1) is 0 Å². The summed E-state index contributed by atoms with van der Waals surface area (Å²) >= 11 is 0. The molecule has 27 heavy (non-hydrogen) atoms. The van der Waals surface area contributed by atoms with Gasteiger partial charge in [-0.2, -0.15) is 0 Å². The van der Waals surface area contributed by atoms with E-state index in [0.29, 0.717) is 19.6 Å². The number of benzene rings is 1. The molecule has 1 aromatic carbocycles. The lowest BCUT2D eigenvalue weighted by molar-refractivity contribution is 0.129. The molecule has 1 saturated heterocycles. The van der Waals surface area contributed by atoms with Gasteiger partial charge >= 0.3 is 0 Å². The van der Waals surface area contributed by atoms with Gasteiger partial charge < -0.3 is 15.0 Å². The van der Waals surface area contributed by atoms with Crippen LogP contribution >= 0.6 is 0 Å². The smallest absolute Gasteiger partial charge is 0.211 e. The summed E-state index contributed by atoms with van der Waals surface area (Å²) in [4.78, 5) is 6.60. The van der Waals surface area contributed by atoms with E-state index in [1.807, 2.05) is 37.3 Å². The maximum atomic E-state index is 11.6. The number of para-hydroxylation sites is 1. The predicted octanol–water partition coefficient (Wildman–Crippen LogP) is 1.78. The second-order valence-electron chi connectivity index (χ2n) is 6.70. The molecule has 0 saturated carbocycles. The maximum Gasteiger partial charge on any atom is 0.211 e. The van der Waals surface area contributed by atoms with Crippen LogP contribution in [0.5, 0.6) is 5.75 Å². The molecule has 8 heteroatoms. The van der Waals surface area contributed by atoms with Gasteiger partial charge in [0.2, 0.25) is 10.0 Å². The molecule has 1 fully saturated rings. The van der Waals surface area contributed by atoms with Crippen LogP contribution in [-0.2, 0) is 10.0 Å². The first-order chi connectivity index (χ1) is 12.9. The number of sulfonamides is 1. The lowest BCUT2D eigenvalue weighted by atomic mass is 10.1. The molecule has 1 N–H and O–H groups in total. The summed E-state index contributed by atoms with van der Waals surface area (Å²) in [5.41, 5.74) is 0. The van der Waals surface area contributed by atoms with E-state index in [1.165, 1.54) is 10.6 Å². The molecule has 1 aliphatic rings. The maximum absolute atomic E-state index is 11.6. The lowest BCUT2D eigenvalue weighted by Crippen LogP contribution is -2.48. The van der Waals surface area contributed by atoms with Gasteiger partial charge in [0.15, 0.2) is 5.96 Å². The zero-order valence-electron chi connectivity index (χ0n) is 16.6. The lowest BCUT2D eigenvalue weighted by Gasteiger charge is -2.34. The normalized spacial score (nSPS) is 16.6. The molecule has 0 unspecified atom stereocenters. The van der Waals surface area contributed by atoms with Crippen LogP contribution in [0.4, 0.5) is 0 Å². The third-order valence-corrected chi connectivity index (χ3v) is 6.07. The monoisotopic (exact) mass is 396 g/mol. The van der Waals surface area contributed by atoms with Gasteiger partial charge in [0.1, 0.15) is 11.9 Å². The fourth-order valence-electron chi connectivity index (χ4n) is 3.22. The van der Waals surface area contributed by atoms with Crippen molar-refractivity contribution in [3.8, 4) is 5.75 Å². The van der Waals surface area contributed by atoms with E-state index in [-0.39, 0.29) is 6.10 Å². The van der Waals surface area contributed by atoms with Crippen LogP contribution in [0.25, 0.3) is 0 Å². The number of piperidine rings is 1. The van der Waals surface area contributed by atoms with E-state index in [1.54, 1.807) is 7.05 Å². The number of likely N-dealkylation sites (tertiary alicyclic amines) is 1. The van der Waals surface area contributed by atoms with Crippen molar-refractivity contribution in [1.29, 1.82) is 0 Å². The molecule has 0 spiro atoms. The summed E-state index contributed by atoms with van der Waals surface area (Å²) in [7, 11) is -1.34. The highest BCUT2D eigenvalue weighted by Crippen LogP contribution is 2.18. The Morgan fingerprint density at radius 3 is 2.52 bits per heavy atom. The van der Waals surface area contributed by atoms with Crippen molar-refractivity contribution in [2.24, 2.45) is 4.99 Å². The first-order valence-corrected chi connectivity index (χ1v) is 11.4. The molecule has 0 atom stereocenters. The van der Waals surface area contributed by atoms with Crippen LogP contribution in [0.3, 0.4) is 0 Å². The van der Waals surface area contributed by atoms with Gasteiger partial charge in [0.05, 0.1) is 6.26 Å². The van der Waals surface area contributed by atoms with Crippen molar-refractivity contribution in [2.45, 2.75) is 32.3 Å². The number of ether oxygens (including phenoxy) is 1. The van der Waals surface area contributed by atoms with Gasteiger partial charge in [-0.25, -0.2) is 12.7 Å². The second-order valence-corrected chi connectivity index (χ2v) is 8.68. The van der Waals surface area contributed by atoms with Crippen molar-refractivity contribution in [1.82, 2.24) is 14.5 Å². The Balaban J connectivity index is 1.72.